The second kappa shape index (κ2) is 7.26. The van der Waals surface area contributed by atoms with Crippen molar-refractivity contribution in [1.82, 2.24) is 10.2 Å². The van der Waals surface area contributed by atoms with Crippen molar-refractivity contribution < 1.29 is 0 Å². The fourth-order valence-electron chi connectivity index (χ4n) is 3.14. The molecule has 0 aliphatic carbocycles. The molecule has 0 saturated carbocycles. The Morgan fingerprint density at radius 1 is 1.24 bits per heavy atom. The SMILES string of the molecule is CCCC1CNC(C(C)(C)C)CN1Cc1ccc(CC)s1. The van der Waals surface area contributed by atoms with E-state index in [0.29, 0.717) is 17.5 Å². The Labute approximate surface area is 134 Å². The van der Waals surface area contributed by atoms with E-state index in [1.54, 1.807) is 0 Å². The van der Waals surface area contributed by atoms with Gasteiger partial charge >= 0.3 is 0 Å². The molecule has 1 saturated heterocycles. The molecule has 2 atom stereocenters. The van der Waals surface area contributed by atoms with Gasteiger partial charge in [-0.05, 0) is 30.4 Å². The third-order valence-electron chi connectivity index (χ3n) is 4.63. The van der Waals surface area contributed by atoms with Crippen LogP contribution in [0.15, 0.2) is 12.1 Å². The lowest BCUT2D eigenvalue weighted by Gasteiger charge is -2.45. The van der Waals surface area contributed by atoms with Crippen LogP contribution in [0.1, 0.15) is 57.2 Å². The highest BCUT2D eigenvalue weighted by molar-refractivity contribution is 7.11. The summed E-state index contributed by atoms with van der Waals surface area (Å²) >= 11 is 1.99. The minimum absolute atomic E-state index is 0.333. The van der Waals surface area contributed by atoms with E-state index in [-0.39, 0.29) is 0 Å². The minimum atomic E-state index is 0.333. The van der Waals surface area contributed by atoms with Gasteiger partial charge in [0.25, 0.3) is 0 Å². The molecule has 1 aromatic heterocycles. The Balaban J connectivity index is 2.06. The second-order valence-corrected chi connectivity index (χ2v) is 8.67. The number of rotatable bonds is 5. The molecule has 0 spiro atoms. The summed E-state index contributed by atoms with van der Waals surface area (Å²) in [6.07, 6.45) is 3.73. The zero-order valence-electron chi connectivity index (χ0n) is 14.4. The molecular weight excluding hydrogens is 276 g/mol. The van der Waals surface area contributed by atoms with E-state index in [9.17, 15) is 0 Å². The molecule has 2 nitrogen and oxygen atoms in total. The van der Waals surface area contributed by atoms with Gasteiger partial charge in [-0.1, -0.05) is 41.0 Å². The Morgan fingerprint density at radius 2 is 1.95 bits per heavy atom. The van der Waals surface area contributed by atoms with Crippen LogP contribution in [-0.2, 0) is 13.0 Å². The maximum Gasteiger partial charge on any atom is 0.0332 e. The van der Waals surface area contributed by atoms with Gasteiger partial charge in [-0.15, -0.1) is 11.3 Å². The largest absolute Gasteiger partial charge is 0.311 e. The van der Waals surface area contributed by atoms with Crippen LogP contribution in [0.25, 0.3) is 0 Å². The highest BCUT2D eigenvalue weighted by Gasteiger charge is 2.33. The first-order chi connectivity index (χ1) is 9.94. The molecule has 2 heterocycles. The van der Waals surface area contributed by atoms with Crippen molar-refractivity contribution in [3.63, 3.8) is 0 Å². The van der Waals surface area contributed by atoms with Crippen LogP contribution in [0.5, 0.6) is 0 Å². The topological polar surface area (TPSA) is 15.3 Å². The van der Waals surface area contributed by atoms with E-state index in [1.807, 2.05) is 11.3 Å². The Morgan fingerprint density at radius 3 is 2.52 bits per heavy atom. The van der Waals surface area contributed by atoms with Gasteiger partial charge in [-0.3, -0.25) is 4.90 Å². The first kappa shape index (κ1) is 17.0. The summed E-state index contributed by atoms with van der Waals surface area (Å²) in [7, 11) is 0. The van der Waals surface area contributed by atoms with Crippen LogP contribution >= 0.6 is 11.3 Å². The highest BCUT2D eigenvalue weighted by Crippen LogP contribution is 2.27. The molecule has 0 amide bonds. The quantitative estimate of drug-likeness (QED) is 0.872. The summed E-state index contributed by atoms with van der Waals surface area (Å²) < 4.78 is 0. The normalized spacial score (nSPS) is 24.4. The standard InChI is InChI=1S/C18H32N2S/c1-6-8-14-11-19-17(18(3,4)5)13-20(14)12-16-10-9-15(7-2)21-16/h9-10,14,17,19H,6-8,11-13H2,1-5H3. The monoisotopic (exact) mass is 308 g/mol. The first-order valence-corrected chi connectivity index (χ1v) is 9.30. The summed E-state index contributed by atoms with van der Waals surface area (Å²) in [6.45, 7) is 15.0. The van der Waals surface area contributed by atoms with Gasteiger partial charge in [-0.25, -0.2) is 0 Å². The molecule has 120 valence electrons. The van der Waals surface area contributed by atoms with Crippen LogP contribution in [-0.4, -0.2) is 30.1 Å². The van der Waals surface area contributed by atoms with E-state index in [4.69, 9.17) is 0 Å². The van der Waals surface area contributed by atoms with Crippen molar-refractivity contribution in [2.75, 3.05) is 13.1 Å². The van der Waals surface area contributed by atoms with Gasteiger partial charge in [0.15, 0.2) is 0 Å². The van der Waals surface area contributed by atoms with Crippen molar-refractivity contribution in [1.29, 1.82) is 0 Å². The van der Waals surface area contributed by atoms with Gasteiger partial charge in [0, 0.05) is 41.5 Å². The number of thiophene rings is 1. The molecule has 0 radical (unpaired) electrons. The molecule has 1 aromatic rings. The zero-order chi connectivity index (χ0) is 15.5. The van der Waals surface area contributed by atoms with Crippen LogP contribution in [0, 0.1) is 5.41 Å². The van der Waals surface area contributed by atoms with Gasteiger partial charge in [0.1, 0.15) is 0 Å². The van der Waals surface area contributed by atoms with Crippen LogP contribution < -0.4 is 5.32 Å². The summed E-state index contributed by atoms with van der Waals surface area (Å²) in [5.41, 5.74) is 0.333. The lowest BCUT2D eigenvalue weighted by Crippen LogP contribution is -2.59. The number of hydrogen-bond acceptors (Lipinski definition) is 3. The van der Waals surface area contributed by atoms with Crippen molar-refractivity contribution in [2.24, 2.45) is 5.41 Å². The van der Waals surface area contributed by atoms with Gasteiger partial charge < -0.3 is 5.32 Å². The number of hydrogen-bond donors (Lipinski definition) is 1. The molecule has 2 unspecified atom stereocenters. The number of aryl methyl sites for hydroxylation is 1. The number of piperazine rings is 1. The maximum atomic E-state index is 3.79. The van der Waals surface area contributed by atoms with E-state index >= 15 is 0 Å². The Hall–Kier alpha value is -0.380. The van der Waals surface area contributed by atoms with Crippen molar-refractivity contribution in [2.45, 2.75) is 72.5 Å². The maximum absolute atomic E-state index is 3.79. The van der Waals surface area contributed by atoms with Crippen molar-refractivity contribution in [3.05, 3.63) is 21.9 Å². The van der Waals surface area contributed by atoms with E-state index < -0.39 is 0 Å². The van der Waals surface area contributed by atoms with Crippen molar-refractivity contribution >= 4 is 11.3 Å². The summed E-state index contributed by atoms with van der Waals surface area (Å²) in [6, 6.07) is 5.93. The summed E-state index contributed by atoms with van der Waals surface area (Å²) in [5.74, 6) is 0. The molecule has 3 heteroatoms. The molecule has 1 aliphatic heterocycles. The highest BCUT2D eigenvalue weighted by atomic mass is 32.1. The fourth-order valence-corrected chi connectivity index (χ4v) is 4.13. The lowest BCUT2D eigenvalue weighted by atomic mass is 9.84. The molecule has 2 rings (SSSR count). The third-order valence-corrected chi connectivity index (χ3v) is 5.84. The molecular formula is C18H32N2S. The minimum Gasteiger partial charge on any atom is -0.311 e. The molecule has 1 fully saturated rings. The van der Waals surface area contributed by atoms with E-state index in [0.717, 1.165) is 19.5 Å². The van der Waals surface area contributed by atoms with Gasteiger partial charge in [0.2, 0.25) is 0 Å². The van der Waals surface area contributed by atoms with Crippen molar-refractivity contribution in [3.8, 4) is 0 Å². The molecule has 1 N–H and O–H groups in total. The average molecular weight is 309 g/mol. The Kier molecular flexibility index (Phi) is 5.87. The number of nitrogens with zero attached hydrogens (tertiary/aromatic N) is 1. The number of nitrogens with one attached hydrogen (secondary N) is 1. The smallest absolute Gasteiger partial charge is 0.0332 e. The summed E-state index contributed by atoms with van der Waals surface area (Å²) in [5, 5.41) is 3.79. The predicted octanol–water partition coefficient (Wildman–Crippen LogP) is 4.30. The molecule has 0 aromatic carbocycles. The van der Waals surface area contributed by atoms with Crippen LogP contribution in [0.3, 0.4) is 0 Å². The predicted molar refractivity (Wildman–Crippen MR) is 94.0 cm³/mol. The average Bonchev–Trinajstić information content (AvgIpc) is 2.87. The zero-order valence-corrected chi connectivity index (χ0v) is 15.2. The lowest BCUT2D eigenvalue weighted by molar-refractivity contribution is 0.0756. The Bertz CT molecular complexity index is 433. The van der Waals surface area contributed by atoms with Crippen LogP contribution in [0.4, 0.5) is 0 Å². The van der Waals surface area contributed by atoms with Gasteiger partial charge in [0.05, 0.1) is 0 Å². The van der Waals surface area contributed by atoms with Crippen LogP contribution in [0.2, 0.25) is 0 Å². The molecule has 0 bridgehead atoms. The third kappa shape index (κ3) is 4.54. The van der Waals surface area contributed by atoms with Gasteiger partial charge in [-0.2, -0.15) is 0 Å². The summed E-state index contributed by atoms with van der Waals surface area (Å²) in [4.78, 5) is 5.77. The van der Waals surface area contributed by atoms with E-state index in [1.165, 1.54) is 29.1 Å². The van der Waals surface area contributed by atoms with E-state index in [2.05, 4.69) is 57.0 Å². The molecule has 1 aliphatic rings. The molecule has 21 heavy (non-hydrogen) atoms. The fraction of sp³-hybridized carbons (Fsp3) is 0.778. The second-order valence-electron chi connectivity index (χ2n) is 7.42. The first-order valence-electron chi connectivity index (χ1n) is 8.49.